The molecule has 5 nitrogen and oxygen atoms in total. The number of nitrogens with one attached hydrogen (secondary N) is 2. The van der Waals surface area contributed by atoms with Gasteiger partial charge in [-0.3, -0.25) is 0 Å². The second-order valence-corrected chi connectivity index (χ2v) is 5.08. The summed E-state index contributed by atoms with van der Waals surface area (Å²) in [6.45, 7) is 3.62. The van der Waals surface area contributed by atoms with Crippen LogP contribution in [0.2, 0.25) is 0 Å². The molecule has 0 radical (unpaired) electrons. The highest BCUT2D eigenvalue weighted by Crippen LogP contribution is 2.29. The summed E-state index contributed by atoms with van der Waals surface area (Å²) in [4.78, 5) is 8.40. The summed E-state index contributed by atoms with van der Waals surface area (Å²) in [6.07, 6.45) is 7.02. The van der Waals surface area contributed by atoms with Gasteiger partial charge in [-0.05, 0) is 19.3 Å². The van der Waals surface area contributed by atoms with E-state index in [1.165, 1.54) is 25.7 Å². The third-order valence-corrected chi connectivity index (χ3v) is 3.50. The number of aromatic nitrogens is 2. The van der Waals surface area contributed by atoms with Crippen LogP contribution < -0.4 is 16.4 Å². The Morgan fingerprint density at radius 2 is 2.17 bits per heavy atom. The van der Waals surface area contributed by atoms with Crippen molar-refractivity contribution in [2.75, 3.05) is 23.7 Å². The van der Waals surface area contributed by atoms with Crippen LogP contribution in [0.15, 0.2) is 12.4 Å². The summed E-state index contributed by atoms with van der Waals surface area (Å²) in [6, 6.07) is 2.16. The normalized spacial score (nSPS) is 17.0. The molecule has 1 unspecified atom stereocenters. The number of hydrogen-bond acceptors (Lipinski definition) is 5. The standard InChI is InChI=1S/C13H23N5/c1-10(8-14)18-13-7-12(16-9-17-13)15-6-5-11-3-2-4-11/h7,9-11H,2-6,8,14H2,1H3,(H2,15,16,17,18). The molecule has 18 heavy (non-hydrogen) atoms. The molecule has 1 aromatic rings. The fourth-order valence-corrected chi connectivity index (χ4v) is 2.03. The first-order valence-corrected chi connectivity index (χ1v) is 6.80. The second kappa shape index (κ2) is 6.54. The number of nitrogens with zero attached hydrogens (tertiary/aromatic N) is 2. The van der Waals surface area contributed by atoms with E-state index in [-0.39, 0.29) is 6.04 Å². The van der Waals surface area contributed by atoms with Gasteiger partial charge in [0.1, 0.15) is 18.0 Å². The van der Waals surface area contributed by atoms with Gasteiger partial charge < -0.3 is 16.4 Å². The average molecular weight is 249 g/mol. The molecule has 100 valence electrons. The van der Waals surface area contributed by atoms with Gasteiger partial charge in [-0.2, -0.15) is 0 Å². The van der Waals surface area contributed by atoms with E-state index in [1.54, 1.807) is 6.33 Å². The van der Waals surface area contributed by atoms with Crippen molar-refractivity contribution in [1.29, 1.82) is 0 Å². The van der Waals surface area contributed by atoms with Crippen LogP contribution in [-0.2, 0) is 0 Å². The van der Waals surface area contributed by atoms with Gasteiger partial charge in [-0.15, -0.1) is 0 Å². The Bertz CT molecular complexity index is 364. The molecule has 0 aromatic carbocycles. The molecular weight excluding hydrogens is 226 g/mol. The number of nitrogens with two attached hydrogens (primary N) is 1. The van der Waals surface area contributed by atoms with Gasteiger partial charge in [0.15, 0.2) is 0 Å². The maximum absolute atomic E-state index is 5.57. The van der Waals surface area contributed by atoms with E-state index in [1.807, 2.05) is 13.0 Å². The zero-order valence-electron chi connectivity index (χ0n) is 11.0. The summed E-state index contributed by atoms with van der Waals surface area (Å²) < 4.78 is 0. The van der Waals surface area contributed by atoms with Crippen molar-refractivity contribution >= 4 is 11.6 Å². The molecule has 1 aliphatic carbocycles. The van der Waals surface area contributed by atoms with E-state index in [4.69, 9.17) is 5.73 Å². The molecule has 1 aliphatic rings. The first-order chi connectivity index (χ1) is 8.78. The summed E-state index contributed by atoms with van der Waals surface area (Å²) in [5.74, 6) is 2.64. The minimum atomic E-state index is 0.225. The van der Waals surface area contributed by atoms with Crippen molar-refractivity contribution in [2.45, 2.75) is 38.6 Å². The van der Waals surface area contributed by atoms with Crippen LogP contribution in [0.25, 0.3) is 0 Å². The number of rotatable bonds is 7. The van der Waals surface area contributed by atoms with Gasteiger partial charge in [-0.1, -0.05) is 19.3 Å². The van der Waals surface area contributed by atoms with Crippen LogP contribution in [0.1, 0.15) is 32.6 Å². The van der Waals surface area contributed by atoms with Crippen LogP contribution in [0.4, 0.5) is 11.6 Å². The molecule has 5 heteroatoms. The summed E-state index contributed by atoms with van der Waals surface area (Å²) in [7, 11) is 0. The highest BCUT2D eigenvalue weighted by Gasteiger charge is 2.16. The van der Waals surface area contributed by atoms with Crippen molar-refractivity contribution in [3.05, 3.63) is 12.4 Å². The molecule has 1 saturated carbocycles. The van der Waals surface area contributed by atoms with Crippen molar-refractivity contribution in [1.82, 2.24) is 9.97 Å². The van der Waals surface area contributed by atoms with Crippen LogP contribution >= 0.6 is 0 Å². The molecule has 1 aromatic heterocycles. The van der Waals surface area contributed by atoms with Gasteiger partial charge in [0.25, 0.3) is 0 Å². The largest absolute Gasteiger partial charge is 0.370 e. The smallest absolute Gasteiger partial charge is 0.131 e. The zero-order chi connectivity index (χ0) is 12.8. The lowest BCUT2D eigenvalue weighted by atomic mass is 9.83. The highest BCUT2D eigenvalue weighted by atomic mass is 15.1. The van der Waals surface area contributed by atoms with Gasteiger partial charge in [0.2, 0.25) is 0 Å². The Kier molecular flexibility index (Phi) is 4.75. The lowest BCUT2D eigenvalue weighted by Crippen LogP contribution is -2.25. The molecule has 1 heterocycles. The number of anilines is 2. The maximum atomic E-state index is 5.57. The van der Waals surface area contributed by atoms with E-state index in [9.17, 15) is 0 Å². The SMILES string of the molecule is CC(CN)Nc1cc(NCCC2CCC2)ncn1. The van der Waals surface area contributed by atoms with E-state index in [0.717, 1.165) is 24.1 Å². The lowest BCUT2D eigenvalue weighted by Gasteiger charge is -2.25. The summed E-state index contributed by atoms with van der Waals surface area (Å²) in [5, 5.41) is 6.59. The van der Waals surface area contributed by atoms with E-state index in [0.29, 0.717) is 6.54 Å². The third-order valence-electron chi connectivity index (χ3n) is 3.50. The van der Waals surface area contributed by atoms with Gasteiger partial charge in [-0.25, -0.2) is 9.97 Å². The zero-order valence-corrected chi connectivity index (χ0v) is 11.0. The molecule has 0 bridgehead atoms. The lowest BCUT2D eigenvalue weighted by molar-refractivity contribution is 0.303. The molecule has 2 rings (SSSR count). The molecule has 1 fully saturated rings. The first kappa shape index (κ1) is 13.1. The predicted molar refractivity (Wildman–Crippen MR) is 74.6 cm³/mol. The quantitative estimate of drug-likeness (QED) is 0.687. The minimum Gasteiger partial charge on any atom is -0.370 e. The summed E-state index contributed by atoms with van der Waals surface area (Å²) in [5.41, 5.74) is 5.57. The second-order valence-electron chi connectivity index (χ2n) is 5.08. The predicted octanol–water partition coefficient (Wildman–Crippen LogP) is 1.84. The van der Waals surface area contributed by atoms with Crippen LogP contribution in [-0.4, -0.2) is 29.1 Å². The van der Waals surface area contributed by atoms with E-state index < -0.39 is 0 Å². The molecule has 0 aliphatic heterocycles. The third kappa shape index (κ3) is 3.84. The monoisotopic (exact) mass is 249 g/mol. The maximum Gasteiger partial charge on any atom is 0.131 e. The van der Waals surface area contributed by atoms with E-state index >= 15 is 0 Å². The Morgan fingerprint density at radius 1 is 1.39 bits per heavy atom. The topological polar surface area (TPSA) is 75.9 Å². The van der Waals surface area contributed by atoms with Crippen molar-refractivity contribution in [2.24, 2.45) is 11.7 Å². The van der Waals surface area contributed by atoms with Gasteiger partial charge in [0, 0.05) is 25.2 Å². The minimum absolute atomic E-state index is 0.225. The summed E-state index contributed by atoms with van der Waals surface area (Å²) >= 11 is 0. The van der Waals surface area contributed by atoms with Crippen LogP contribution in [0.5, 0.6) is 0 Å². The molecule has 4 N–H and O–H groups in total. The molecule has 0 amide bonds. The molecule has 0 spiro atoms. The molecule has 0 saturated heterocycles. The van der Waals surface area contributed by atoms with Crippen LogP contribution in [0, 0.1) is 5.92 Å². The van der Waals surface area contributed by atoms with Gasteiger partial charge >= 0.3 is 0 Å². The van der Waals surface area contributed by atoms with Crippen molar-refractivity contribution in [3.8, 4) is 0 Å². The van der Waals surface area contributed by atoms with Crippen molar-refractivity contribution in [3.63, 3.8) is 0 Å². The Hall–Kier alpha value is -1.36. The average Bonchev–Trinajstić information content (AvgIpc) is 2.33. The van der Waals surface area contributed by atoms with Crippen molar-refractivity contribution < 1.29 is 0 Å². The molecular formula is C13H23N5. The number of hydrogen-bond donors (Lipinski definition) is 3. The Morgan fingerprint density at radius 3 is 2.83 bits per heavy atom. The fourth-order valence-electron chi connectivity index (χ4n) is 2.03. The Labute approximate surface area is 109 Å². The first-order valence-electron chi connectivity index (χ1n) is 6.80. The van der Waals surface area contributed by atoms with E-state index in [2.05, 4.69) is 20.6 Å². The highest BCUT2D eigenvalue weighted by molar-refractivity contribution is 5.46. The van der Waals surface area contributed by atoms with Gasteiger partial charge in [0.05, 0.1) is 0 Å². The fraction of sp³-hybridized carbons (Fsp3) is 0.692. The Balaban J connectivity index is 1.78. The molecule has 1 atom stereocenters. The van der Waals surface area contributed by atoms with Crippen LogP contribution in [0.3, 0.4) is 0 Å².